The Balaban J connectivity index is 4.13. The van der Waals surface area contributed by atoms with Gasteiger partial charge in [-0.1, -0.05) is 242 Å². The van der Waals surface area contributed by atoms with Crippen LogP contribution in [0.5, 0.6) is 0 Å². The summed E-state index contributed by atoms with van der Waals surface area (Å²) in [5.74, 6) is -0.790. The highest BCUT2D eigenvalue weighted by molar-refractivity contribution is 7.47. The minimum absolute atomic E-state index is 0.0313. The largest absolute Gasteiger partial charge is 0.472 e. The first-order valence-corrected chi connectivity index (χ1v) is 31.9. The van der Waals surface area contributed by atoms with Crippen molar-refractivity contribution in [1.82, 2.24) is 0 Å². The highest BCUT2D eigenvalue weighted by atomic mass is 31.2. The molecule has 10 heteroatoms. The molecule has 0 aromatic heterocycles. The van der Waals surface area contributed by atoms with E-state index in [0.29, 0.717) is 17.4 Å². The zero-order valence-electron chi connectivity index (χ0n) is 47.9. The predicted molar refractivity (Wildman–Crippen MR) is 307 cm³/mol. The Labute approximate surface area is 445 Å². The van der Waals surface area contributed by atoms with Crippen molar-refractivity contribution in [2.24, 2.45) is 0 Å². The quantitative estimate of drug-likeness (QED) is 0.0211. The molecule has 422 valence electrons. The number of phosphoric acid groups is 1. The maximum atomic E-state index is 12.8. The van der Waals surface area contributed by atoms with Gasteiger partial charge in [0.1, 0.15) is 19.8 Å². The van der Waals surface area contributed by atoms with E-state index < -0.39 is 26.5 Å². The van der Waals surface area contributed by atoms with Gasteiger partial charge in [-0.2, -0.15) is 0 Å². The Morgan fingerprint density at radius 2 is 0.750 bits per heavy atom. The first kappa shape index (κ1) is 70.0. The number of unbranched alkanes of at least 4 members (excludes halogenated alkanes) is 34. The van der Waals surface area contributed by atoms with Crippen molar-refractivity contribution in [2.75, 3.05) is 47.5 Å². The van der Waals surface area contributed by atoms with Gasteiger partial charge in [0.15, 0.2) is 6.10 Å². The third kappa shape index (κ3) is 57.3. The van der Waals surface area contributed by atoms with Crippen LogP contribution < -0.4 is 0 Å². The molecule has 72 heavy (non-hydrogen) atoms. The lowest BCUT2D eigenvalue weighted by molar-refractivity contribution is -0.870. The maximum Gasteiger partial charge on any atom is 0.472 e. The van der Waals surface area contributed by atoms with E-state index in [1.165, 1.54) is 205 Å². The van der Waals surface area contributed by atoms with Crippen LogP contribution in [-0.4, -0.2) is 74.9 Å². The van der Waals surface area contributed by atoms with E-state index in [0.717, 1.165) is 44.9 Å². The number of rotatable bonds is 56. The number of ether oxygens (including phenoxy) is 2. The first-order valence-electron chi connectivity index (χ1n) is 30.4. The van der Waals surface area contributed by atoms with Crippen LogP contribution in [0.15, 0.2) is 48.6 Å². The molecule has 0 aromatic carbocycles. The third-order valence-corrected chi connectivity index (χ3v) is 14.3. The van der Waals surface area contributed by atoms with E-state index >= 15 is 0 Å². The number of esters is 2. The summed E-state index contributed by atoms with van der Waals surface area (Å²) in [4.78, 5) is 35.7. The minimum Gasteiger partial charge on any atom is -0.462 e. The summed E-state index contributed by atoms with van der Waals surface area (Å²) in [5, 5.41) is 0. The molecule has 0 radical (unpaired) electrons. The molecule has 0 aliphatic carbocycles. The van der Waals surface area contributed by atoms with Gasteiger partial charge in [0, 0.05) is 12.8 Å². The highest BCUT2D eigenvalue weighted by Crippen LogP contribution is 2.43. The molecule has 2 unspecified atom stereocenters. The highest BCUT2D eigenvalue weighted by Gasteiger charge is 2.27. The molecular weight excluding hydrogens is 918 g/mol. The summed E-state index contributed by atoms with van der Waals surface area (Å²) in [5.41, 5.74) is 0. The van der Waals surface area contributed by atoms with Crippen LogP contribution in [0.4, 0.5) is 0 Å². The molecule has 0 aromatic rings. The number of hydrogen-bond donors (Lipinski definition) is 1. The van der Waals surface area contributed by atoms with Crippen LogP contribution in [0.1, 0.15) is 284 Å². The fourth-order valence-electron chi connectivity index (χ4n) is 8.61. The van der Waals surface area contributed by atoms with Crippen molar-refractivity contribution in [3.05, 3.63) is 48.6 Å². The van der Waals surface area contributed by atoms with Gasteiger partial charge < -0.3 is 18.9 Å². The molecule has 2 atom stereocenters. The van der Waals surface area contributed by atoms with Crippen molar-refractivity contribution in [1.29, 1.82) is 0 Å². The second-order valence-corrected chi connectivity index (χ2v) is 23.2. The molecule has 0 aliphatic rings. The Bertz CT molecular complexity index is 1360. The van der Waals surface area contributed by atoms with Gasteiger partial charge >= 0.3 is 19.8 Å². The van der Waals surface area contributed by atoms with E-state index in [4.69, 9.17) is 18.5 Å². The van der Waals surface area contributed by atoms with Crippen molar-refractivity contribution in [3.63, 3.8) is 0 Å². The van der Waals surface area contributed by atoms with Crippen LogP contribution in [0.3, 0.4) is 0 Å². The van der Waals surface area contributed by atoms with Gasteiger partial charge in [0.05, 0.1) is 27.7 Å². The van der Waals surface area contributed by atoms with E-state index in [9.17, 15) is 19.0 Å². The number of quaternary nitrogens is 1. The first-order chi connectivity index (χ1) is 35.0. The second kappa shape index (κ2) is 53.8. The number of likely N-dealkylation sites (N-methyl/N-ethyl adjacent to an activating group) is 1. The SMILES string of the molecule is CCCCCCC/C=C\C/C=C\CCCCCCCCCCCCCCCC(=O)OC(COC(=O)CCCCCCCCCCCCC/C=C\C/C=C\CCCCCCC)COP(=O)(O)OCC[N+](C)(C)C. The van der Waals surface area contributed by atoms with E-state index in [-0.39, 0.29) is 32.0 Å². The minimum atomic E-state index is -4.39. The fourth-order valence-corrected chi connectivity index (χ4v) is 9.35. The van der Waals surface area contributed by atoms with Crippen molar-refractivity contribution in [2.45, 2.75) is 290 Å². The van der Waals surface area contributed by atoms with E-state index in [2.05, 4.69) is 62.5 Å². The van der Waals surface area contributed by atoms with Crippen LogP contribution in [0.2, 0.25) is 0 Å². The van der Waals surface area contributed by atoms with Crippen molar-refractivity contribution >= 4 is 19.8 Å². The summed E-state index contributed by atoms with van der Waals surface area (Å²) in [7, 11) is 1.48. The number of carbonyl (C=O) groups excluding carboxylic acids is 2. The third-order valence-electron chi connectivity index (χ3n) is 13.3. The zero-order chi connectivity index (χ0) is 52.7. The Morgan fingerprint density at radius 3 is 1.10 bits per heavy atom. The number of allylic oxidation sites excluding steroid dienone is 8. The molecule has 0 saturated carbocycles. The zero-order valence-corrected chi connectivity index (χ0v) is 48.8. The average Bonchev–Trinajstić information content (AvgIpc) is 3.34. The molecule has 0 heterocycles. The summed E-state index contributed by atoms with van der Waals surface area (Å²) < 4.78 is 34.6. The molecule has 0 bridgehead atoms. The topological polar surface area (TPSA) is 108 Å². The lowest BCUT2D eigenvalue weighted by atomic mass is 10.0. The standard InChI is InChI=1S/C62H116NO8P/c1-6-8-10-12-14-16-18-20-22-24-26-28-30-31-33-35-37-39-41-43-45-47-49-51-53-55-62(65)71-60(59-70-72(66,67)69-57-56-63(3,4)5)58-68-61(64)54-52-50-48-46-44-42-40-38-36-34-32-29-27-25-23-21-19-17-15-13-11-9-7-2/h18-21,24-27,60H,6-17,22-23,28-59H2,1-5H3/p+1/b20-18-,21-19-,26-24-,27-25-. The van der Waals surface area contributed by atoms with Gasteiger partial charge in [0.25, 0.3) is 0 Å². The number of phosphoric ester groups is 1. The summed E-state index contributed by atoms with van der Waals surface area (Å²) in [6.07, 6.45) is 67.5. The Kier molecular flexibility index (Phi) is 52.3. The predicted octanol–water partition coefficient (Wildman–Crippen LogP) is 18.9. The van der Waals surface area contributed by atoms with E-state index in [1.54, 1.807) is 0 Å². The van der Waals surface area contributed by atoms with Crippen LogP contribution in [0.25, 0.3) is 0 Å². The Morgan fingerprint density at radius 1 is 0.431 bits per heavy atom. The average molecular weight is 1040 g/mol. The number of carbonyl (C=O) groups is 2. The van der Waals surface area contributed by atoms with Gasteiger partial charge in [0.2, 0.25) is 0 Å². The lowest BCUT2D eigenvalue weighted by Gasteiger charge is -2.24. The monoisotopic (exact) mass is 1030 g/mol. The maximum absolute atomic E-state index is 12.8. The van der Waals surface area contributed by atoms with E-state index in [1.807, 2.05) is 21.1 Å². The summed E-state index contributed by atoms with van der Waals surface area (Å²) in [6.45, 7) is 4.45. The fraction of sp³-hybridized carbons (Fsp3) is 0.839. The number of nitrogens with zero attached hydrogens (tertiary/aromatic N) is 1. The van der Waals surface area contributed by atoms with Crippen molar-refractivity contribution < 1.29 is 42.1 Å². The van der Waals surface area contributed by atoms with Gasteiger partial charge in [-0.25, -0.2) is 4.57 Å². The van der Waals surface area contributed by atoms with Crippen LogP contribution in [-0.2, 0) is 32.7 Å². The molecule has 0 rings (SSSR count). The second-order valence-electron chi connectivity index (χ2n) is 21.7. The molecule has 0 spiro atoms. The molecule has 0 fully saturated rings. The normalized spacial score (nSPS) is 13.6. The molecular formula is C62H117NO8P+. The van der Waals surface area contributed by atoms with Gasteiger partial charge in [-0.3, -0.25) is 18.6 Å². The number of hydrogen-bond acceptors (Lipinski definition) is 7. The summed E-state index contributed by atoms with van der Waals surface area (Å²) >= 11 is 0. The lowest BCUT2D eigenvalue weighted by Crippen LogP contribution is -2.37. The molecule has 1 N–H and O–H groups in total. The van der Waals surface area contributed by atoms with Crippen LogP contribution >= 0.6 is 7.82 Å². The smallest absolute Gasteiger partial charge is 0.462 e. The van der Waals surface area contributed by atoms with Crippen molar-refractivity contribution in [3.8, 4) is 0 Å². The van der Waals surface area contributed by atoms with Crippen LogP contribution in [0, 0.1) is 0 Å². The van der Waals surface area contributed by atoms with Gasteiger partial charge in [-0.15, -0.1) is 0 Å². The molecule has 0 aliphatic heterocycles. The molecule has 9 nitrogen and oxygen atoms in total. The van der Waals surface area contributed by atoms with Gasteiger partial charge in [-0.05, 0) is 77.0 Å². The Hall–Kier alpha value is -2.03. The molecule has 0 saturated heterocycles. The molecule has 0 amide bonds. The summed E-state index contributed by atoms with van der Waals surface area (Å²) in [6, 6.07) is 0.